The lowest BCUT2D eigenvalue weighted by Gasteiger charge is -2.09. The molecule has 3 heterocycles. The van der Waals surface area contributed by atoms with Crippen LogP contribution in [-0.4, -0.2) is 15.3 Å². The maximum atomic E-state index is 13.0. The Labute approximate surface area is 154 Å². The van der Waals surface area contributed by atoms with Gasteiger partial charge in [-0.2, -0.15) is 0 Å². The minimum absolute atomic E-state index is 0.0773. The van der Waals surface area contributed by atoms with E-state index in [0.717, 1.165) is 37.1 Å². The first-order valence-corrected chi connectivity index (χ1v) is 9.81. The van der Waals surface area contributed by atoms with Gasteiger partial charge in [-0.1, -0.05) is 12.8 Å². The molecule has 0 spiro atoms. The third-order valence-electron chi connectivity index (χ3n) is 4.77. The van der Waals surface area contributed by atoms with E-state index in [-0.39, 0.29) is 17.7 Å². The van der Waals surface area contributed by atoms with E-state index in [1.807, 2.05) is 19.1 Å². The highest BCUT2D eigenvalue weighted by molar-refractivity contribution is 7.17. The number of hydrogen-bond donors (Lipinski definition) is 1. The van der Waals surface area contributed by atoms with Gasteiger partial charge in [0.2, 0.25) is 0 Å². The molecule has 0 saturated carbocycles. The van der Waals surface area contributed by atoms with Crippen LogP contribution in [0.2, 0.25) is 0 Å². The molecule has 3 aromatic rings. The van der Waals surface area contributed by atoms with Crippen LogP contribution in [0.5, 0.6) is 0 Å². The van der Waals surface area contributed by atoms with Crippen molar-refractivity contribution in [3.63, 3.8) is 0 Å². The summed E-state index contributed by atoms with van der Waals surface area (Å²) in [7, 11) is 0. The summed E-state index contributed by atoms with van der Waals surface area (Å²) in [5, 5.41) is 2.75. The number of amides is 1. The van der Waals surface area contributed by atoms with Crippen molar-refractivity contribution in [3.05, 3.63) is 56.3 Å². The summed E-state index contributed by atoms with van der Waals surface area (Å²) in [4.78, 5) is 31.8. The third-order valence-corrected chi connectivity index (χ3v) is 5.92. The van der Waals surface area contributed by atoms with Crippen molar-refractivity contribution >= 4 is 22.2 Å². The smallest absolute Gasteiger partial charge is 0.271 e. The molecule has 0 fully saturated rings. The number of carbonyl (C=O) groups is 1. The van der Waals surface area contributed by atoms with Crippen molar-refractivity contribution in [1.82, 2.24) is 14.7 Å². The fourth-order valence-electron chi connectivity index (χ4n) is 3.42. The molecular formula is C19H21N3O3S. The fourth-order valence-corrected chi connectivity index (χ4v) is 4.59. The van der Waals surface area contributed by atoms with Gasteiger partial charge in [0, 0.05) is 16.8 Å². The second kappa shape index (κ2) is 7.07. The van der Waals surface area contributed by atoms with Crippen LogP contribution < -0.4 is 10.9 Å². The van der Waals surface area contributed by atoms with E-state index >= 15 is 0 Å². The van der Waals surface area contributed by atoms with E-state index < -0.39 is 5.91 Å². The van der Waals surface area contributed by atoms with E-state index in [1.54, 1.807) is 15.7 Å². The Kier molecular flexibility index (Phi) is 4.63. The van der Waals surface area contributed by atoms with Gasteiger partial charge in [0.25, 0.3) is 11.5 Å². The number of thiazole rings is 1. The molecule has 0 bridgehead atoms. The first-order chi connectivity index (χ1) is 12.6. The lowest BCUT2D eigenvalue weighted by atomic mass is 10.0. The highest BCUT2D eigenvalue weighted by Crippen LogP contribution is 2.27. The molecule has 0 aromatic carbocycles. The van der Waals surface area contributed by atoms with Crippen molar-refractivity contribution in [2.45, 2.75) is 52.0 Å². The molecule has 136 valence electrons. The number of hydrogen-bond acceptors (Lipinski definition) is 5. The Balaban J connectivity index is 1.65. The molecule has 1 amide bonds. The summed E-state index contributed by atoms with van der Waals surface area (Å²) >= 11 is 1.58. The molecule has 0 atom stereocenters. The van der Waals surface area contributed by atoms with Crippen molar-refractivity contribution in [1.29, 1.82) is 0 Å². The highest BCUT2D eigenvalue weighted by Gasteiger charge is 2.20. The second-order valence-electron chi connectivity index (χ2n) is 6.68. The molecule has 4 rings (SSSR count). The zero-order valence-corrected chi connectivity index (χ0v) is 15.5. The molecule has 6 nitrogen and oxygen atoms in total. The molecule has 3 aromatic heterocycles. The Morgan fingerprint density at radius 2 is 2.08 bits per heavy atom. The quantitative estimate of drug-likeness (QED) is 0.767. The Morgan fingerprint density at radius 1 is 1.27 bits per heavy atom. The van der Waals surface area contributed by atoms with Gasteiger partial charge in [0.15, 0.2) is 4.96 Å². The number of fused-ring (bicyclic) bond motifs is 3. The average Bonchev–Trinajstić information content (AvgIpc) is 3.17. The molecule has 0 aliphatic heterocycles. The molecule has 1 N–H and O–H groups in total. The van der Waals surface area contributed by atoms with E-state index in [9.17, 15) is 9.59 Å². The monoisotopic (exact) mass is 371 g/mol. The number of aromatic nitrogens is 2. The molecular weight excluding hydrogens is 350 g/mol. The van der Waals surface area contributed by atoms with Crippen LogP contribution in [-0.2, 0) is 19.4 Å². The number of nitrogens with one attached hydrogen (secondary N) is 1. The Bertz CT molecular complexity index is 1010. The standard InChI is InChI=1S/C19H21N3O3S/c1-12-8-9-13(25-12)10-20-17(23)14-11-21-19-22(18(14)24)15-6-4-2-3-5-7-16(15)26-19/h8-9,11H,2-7,10H2,1H3,(H,20,23). The lowest BCUT2D eigenvalue weighted by molar-refractivity contribution is 0.0946. The SMILES string of the molecule is Cc1ccc(CNC(=O)c2cnc3sc4c(n3c2=O)CCCCCC4)o1. The molecule has 0 saturated heterocycles. The van der Waals surface area contributed by atoms with Gasteiger partial charge in [0.05, 0.1) is 6.54 Å². The predicted molar refractivity (Wildman–Crippen MR) is 99.8 cm³/mol. The Hall–Kier alpha value is -2.41. The predicted octanol–water partition coefficient (Wildman–Crippen LogP) is 3.25. The third kappa shape index (κ3) is 3.19. The van der Waals surface area contributed by atoms with Gasteiger partial charge in [-0.25, -0.2) is 4.98 Å². The summed E-state index contributed by atoms with van der Waals surface area (Å²) in [6.07, 6.45) is 7.88. The molecule has 1 aliphatic carbocycles. The van der Waals surface area contributed by atoms with Gasteiger partial charge in [-0.15, -0.1) is 11.3 Å². The minimum Gasteiger partial charge on any atom is -0.465 e. The van der Waals surface area contributed by atoms with Crippen LogP contribution >= 0.6 is 11.3 Å². The summed E-state index contributed by atoms with van der Waals surface area (Å²) in [6.45, 7) is 2.09. The molecule has 0 unspecified atom stereocenters. The van der Waals surface area contributed by atoms with Gasteiger partial charge in [-0.3, -0.25) is 14.0 Å². The normalized spacial score (nSPS) is 14.7. The van der Waals surface area contributed by atoms with E-state index in [2.05, 4.69) is 10.3 Å². The van der Waals surface area contributed by atoms with Gasteiger partial charge >= 0.3 is 0 Å². The second-order valence-corrected chi connectivity index (χ2v) is 7.74. The number of aryl methyl sites for hydroxylation is 3. The molecule has 26 heavy (non-hydrogen) atoms. The molecule has 7 heteroatoms. The van der Waals surface area contributed by atoms with Crippen molar-refractivity contribution in [2.24, 2.45) is 0 Å². The van der Waals surface area contributed by atoms with Crippen molar-refractivity contribution < 1.29 is 9.21 Å². The van der Waals surface area contributed by atoms with Crippen LogP contribution in [0, 0.1) is 6.92 Å². The van der Waals surface area contributed by atoms with Crippen LogP contribution in [0.15, 0.2) is 27.5 Å². The number of furan rings is 1. The summed E-state index contributed by atoms with van der Waals surface area (Å²) in [5.74, 6) is 1.02. The van der Waals surface area contributed by atoms with Crippen LogP contribution in [0.3, 0.4) is 0 Å². The minimum atomic E-state index is -0.420. The highest BCUT2D eigenvalue weighted by atomic mass is 32.1. The van der Waals surface area contributed by atoms with Crippen LogP contribution in [0.25, 0.3) is 4.96 Å². The maximum absolute atomic E-state index is 13.0. The summed E-state index contributed by atoms with van der Waals surface area (Å²) < 4.78 is 7.10. The first kappa shape index (κ1) is 17.0. The summed E-state index contributed by atoms with van der Waals surface area (Å²) in [6, 6.07) is 3.65. The zero-order valence-electron chi connectivity index (χ0n) is 14.7. The zero-order chi connectivity index (χ0) is 18.1. The number of nitrogens with zero attached hydrogens (tertiary/aromatic N) is 2. The van der Waals surface area contributed by atoms with Gasteiger partial charge in [0.1, 0.15) is 17.1 Å². The number of rotatable bonds is 3. The van der Waals surface area contributed by atoms with E-state index in [1.165, 1.54) is 23.9 Å². The number of carbonyl (C=O) groups excluding carboxylic acids is 1. The molecule has 0 radical (unpaired) electrons. The Morgan fingerprint density at radius 3 is 2.85 bits per heavy atom. The molecule has 1 aliphatic rings. The van der Waals surface area contributed by atoms with Crippen molar-refractivity contribution in [2.75, 3.05) is 0 Å². The maximum Gasteiger partial charge on any atom is 0.271 e. The van der Waals surface area contributed by atoms with E-state index in [0.29, 0.717) is 10.7 Å². The van der Waals surface area contributed by atoms with Crippen LogP contribution in [0.4, 0.5) is 0 Å². The summed E-state index contributed by atoms with van der Waals surface area (Å²) in [5.41, 5.74) is 0.841. The first-order valence-electron chi connectivity index (χ1n) is 8.99. The van der Waals surface area contributed by atoms with E-state index in [4.69, 9.17) is 4.42 Å². The van der Waals surface area contributed by atoms with Crippen molar-refractivity contribution in [3.8, 4) is 0 Å². The largest absolute Gasteiger partial charge is 0.465 e. The van der Waals surface area contributed by atoms with Crippen LogP contribution in [0.1, 0.15) is 58.1 Å². The lowest BCUT2D eigenvalue weighted by Crippen LogP contribution is -2.31. The fraction of sp³-hybridized carbons (Fsp3) is 0.421. The average molecular weight is 371 g/mol. The van der Waals surface area contributed by atoms with Gasteiger partial charge < -0.3 is 9.73 Å². The van der Waals surface area contributed by atoms with Gasteiger partial charge in [-0.05, 0) is 44.7 Å². The topological polar surface area (TPSA) is 76.6 Å².